The molecule has 15 heavy (non-hydrogen) atoms. The molecule has 0 spiro atoms. The number of ether oxygens (including phenoxy) is 1. The largest absolute Gasteiger partial charge is 0.384 e. The molecule has 0 saturated heterocycles. The van der Waals surface area contributed by atoms with Gasteiger partial charge in [0.2, 0.25) is 5.91 Å². The van der Waals surface area contributed by atoms with Crippen LogP contribution in [0, 0.1) is 0 Å². The highest BCUT2D eigenvalue weighted by atomic mass is 16.5. The maximum absolute atomic E-state index is 11.5. The van der Waals surface area contributed by atoms with Crippen molar-refractivity contribution in [3.05, 3.63) is 29.8 Å². The number of hydrogen-bond donors (Lipinski definition) is 1. The molecule has 80 valence electrons. The molecule has 0 bridgehead atoms. The second-order valence-electron chi connectivity index (χ2n) is 3.52. The van der Waals surface area contributed by atoms with E-state index < -0.39 is 12.3 Å². The molecule has 4 heteroatoms. The first-order valence-corrected chi connectivity index (χ1v) is 4.76. The number of rotatable bonds is 1. The molecule has 0 aliphatic carbocycles. The zero-order chi connectivity index (χ0) is 11.0. The Morgan fingerprint density at radius 3 is 2.73 bits per heavy atom. The van der Waals surface area contributed by atoms with E-state index in [1.165, 1.54) is 18.9 Å². The van der Waals surface area contributed by atoms with Gasteiger partial charge in [0.15, 0.2) is 6.23 Å². The van der Waals surface area contributed by atoms with Crippen LogP contribution in [0.3, 0.4) is 0 Å². The third-order valence-electron chi connectivity index (χ3n) is 2.62. The van der Waals surface area contributed by atoms with Crippen LogP contribution in [0.15, 0.2) is 24.3 Å². The average Bonchev–Trinajstić information content (AvgIpc) is 2.52. The lowest BCUT2D eigenvalue weighted by Gasteiger charge is -2.23. The minimum atomic E-state index is -0.768. The molecule has 1 aromatic rings. The number of para-hydroxylation sites is 1. The number of fused-ring (bicyclic) bond motifs is 1. The highest BCUT2D eigenvalue weighted by Gasteiger charge is 2.39. The predicted molar refractivity (Wildman–Crippen MR) is 55.4 cm³/mol. The summed E-state index contributed by atoms with van der Waals surface area (Å²) >= 11 is 0. The number of amides is 1. The maximum Gasteiger partial charge on any atom is 0.226 e. The maximum atomic E-state index is 11.5. The van der Waals surface area contributed by atoms with E-state index in [4.69, 9.17) is 4.74 Å². The van der Waals surface area contributed by atoms with E-state index in [1.807, 2.05) is 12.1 Å². The molecule has 1 aliphatic rings. The quantitative estimate of drug-likeness (QED) is 0.749. The minimum Gasteiger partial charge on any atom is -0.384 e. The van der Waals surface area contributed by atoms with Crippen LogP contribution in [-0.4, -0.2) is 24.4 Å². The molecule has 0 aromatic heterocycles. The zero-order valence-electron chi connectivity index (χ0n) is 8.68. The van der Waals surface area contributed by atoms with Crippen molar-refractivity contribution in [3.63, 3.8) is 0 Å². The molecule has 2 atom stereocenters. The Hall–Kier alpha value is -1.39. The smallest absolute Gasteiger partial charge is 0.226 e. The van der Waals surface area contributed by atoms with Gasteiger partial charge in [-0.2, -0.15) is 0 Å². The summed E-state index contributed by atoms with van der Waals surface area (Å²) in [7, 11) is 1.48. The van der Waals surface area contributed by atoms with Crippen molar-refractivity contribution < 1.29 is 14.6 Å². The highest BCUT2D eigenvalue weighted by Crippen LogP contribution is 2.39. The number of hydrogen-bond acceptors (Lipinski definition) is 3. The average molecular weight is 207 g/mol. The van der Waals surface area contributed by atoms with Crippen LogP contribution < -0.4 is 4.90 Å². The molecule has 1 aliphatic heterocycles. The molecule has 0 fully saturated rings. The number of aliphatic hydroxyl groups is 1. The predicted octanol–water partition coefficient (Wildman–Crippen LogP) is 1.06. The first kappa shape index (κ1) is 10.1. The van der Waals surface area contributed by atoms with Gasteiger partial charge in [0, 0.05) is 19.6 Å². The number of nitrogens with zero attached hydrogens (tertiary/aromatic N) is 1. The Balaban J connectivity index is 2.50. The Morgan fingerprint density at radius 1 is 1.47 bits per heavy atom. The van der Waals surface area contributed by atoms with Crippen molar-refractivity contribution >= 4 is 11.6 Å². The number of methoxy groups -OCH3 is 1. The van der Waals surface area contributed by atoms with Crippen LogP contribution >= 0.6 is 0 Å². The zero-order valence-corrected chi connectivity index (χ0v) is 8.68. The summed E-state index contributed by atoms with van der Waals surface area (Å²) < 4.78 is 5.13. The van der Waals surface area contributed by atoms with Gasteiger partial charge in [-0.3, -0.25) is 9.69 Å². The lowest BCUT2D eigenvalue weighted by molar-refractivity contribution is -0.120. The van der Waals surface area contributed by atoms with Crippen LogP contribution in [0.25, 0.3) is 0 Å². The monoisotopic (exact) mass is 207 g/mol. The van der Waals surface area contributed by atoms with E-state index in [0.29, 0.717) is 0 Å². The topological polar surface area (TPSA) is 49.8 Å². The first-order chi connectivity index (χ1) is 7.16. The van der Waals surface area contributed by atoms with Crippen molar-refractivity contribution in [1.29, 1.82) is 0 Å². The first-order valence-electron chi connectivity index (χ1n) is 4.76. The summed E-state index contributed by atoms with van der Waals surface area (Å²) in [5, 5.41) is 9.94. The summed E-state index contributed by atoms with van der Waals surface area (Å²) in [6.07, 6.45) is -1.38. The van der Waals surface area contributed by atoms with E-state index in [9.17, 15) is 9.90 Å². The van der Waals surface area contributed by atoms with Gasteiger partial charge in [0.05, 0.1) is 5.69 Å². The van der Waals surface area contributed by atoms with Gasteiger partial charge in [-0.15, -0.1) is 0 Å². The molecular weight excluding hydrogens is 194 g/mol. The summed E-state index contributed by atoms with van der Waals surface area (Å²) in [5.74, 6) is -0.133. The normalized spacial score (nSPS) is 24.1. The standard InChI is InChI=1S/C11H13NO3/c1-7(13)12-9-6-4-3-5-8(9)10(14)11(12)15-2/h3-6,10-11,14H,1-2H3/t10-,11-/m0/s1. The fourth-order valence-electron chi connectivity index (χ4n) is 1.97. The van der Waals surface area contributed by atoms with E-state index in [-0.39, 0.29) is 5.91 Å². The molecule has 1 heterocycles. The van der Waals surface area contributed by atoms with E-state index >= 15 is 0 Å². The van der Waals surface area contributed by atoms with Crippen LogP contribution in [0.5, 0.6) is 0 Å². The van der Waals surface area contributed by atoms with Gasteiger partial charge >= 0.3 is 0 Å². The Morgan fingerprint density at radius 2 is 2.13 bits per heavy atom. The van der Waals surface area contributed by atoms with E-state index in [2.05, 4.69) is 0 Å². The molecule has 1 aromatic carbocycles. The molecule has 0 saturated carbocycles. The van der Waals surface area contributed by atoms with Crippen LogP contribution in [-0.2, 0) is 9.53 Å². The fraction of sp³-hybridized carbons (Fsp3) is 0.364. The lowest BCUT2D eigenvalue weighted by Crippen LogP contribution is -2.39. The van der Waals surface area contributed by atoms with Crippen molar-refractivity contribution in [2.75, 3.05) is 12.0 Å². The second kappa shape index (κ2) is 3.64. The second-order valence-corrected chi connectivity index (χ2v) is 3.52. The number of carbonyl (C=O) groups is 1. The van der Waals surface area contributed by atoms with Crippen molar-refractivity contribution in [2.24, 2.45) is 0 Å². The van der Waals surface area contributed by atoms with Crippen LogP contribution in [0.2, 0.25) is 0 Å². The molecule has 0 radical (unpaired) electrons. The van der Waals surface area contributed by atoms with E-state index in [0.717, 1.165) is 11.3 Å². The summed E-state index contributed by atoms with van der Waals surface area (Å²) in [5.41, 5.74) is 1.46. The lowest BCUT2D eigenvalue weighted by atomic mass is 10.1. The molecule has 2 rings (SSSR count). The van der Waals surface area contributed by atoms with Gasteiger partial charge in [-0.1, -0.05) is 18.2 Å². The van der Waals surface area contributed by atoms with Crippen LogP contribution in [0.4, 0.5) is 5.69 Å². The Labute approximate surface area is 88.1 Å². The highest BCUT2D eigenvalue weighted by molar-refractivity contribution is 5.94. The summed E-state index contributed by atoms with van der Waals surface area (Å²) in [4.78, 5) is 12.9. The molecule has 1 amide bonds. The number of benzene rings is 1. The van der Waals surface area contributed by atoms with Gasteiger partial charge in [-0.05, 0) is 6.07 Å². The summed E-state index contributed by atoms with van der Waals surface area (Å²) in [6, 6.07) is 7.27. The van der Waals surface area contributed by atoms with Crippen molar-refractivity contribution in [3.8, 4) is 0 Å². The van der Waals surface area contributed by atoms with Gasteiger partial charge in [0.25, 0.3) is 0 Å². The molecular formula is C11H13NO3. The number of aliphatic hydroxyl groups excluding tert-OH is 1. The summed E-state index contributed by atoms with van der Waals surface area (Å²) in [6.45, 7) is 1.46. The van der Waals surface area contributed by atoms with Gasteiger partial charge < -0.3 is 9.84 Å². The third-order valence-corrected chi connectivity index (χ3v) is 2.62. The molecule has 0 unspecified atom stereocenters. The number of carbonyl (C=O) groups excluding carboxylic acids is 1. The molecule has 4 nitrogen and oxygen atoms in total. The minimum absolute atomic E-state index is 0.133. The van der Waals surface area contributed by atoms with Crippen LogP contribution in [0.1, 0.15) is 18.6 Å². The van der Waals surface area contributed by atoms with Crippen molar-refractivity contribution in [2.45, 2.75) is 19.3 Å². The van der Waals surface area contributed by atoms with Gasteiger partial charge in [-0.25, -0.2) is 0 Å². The number of anilines is 1. The fourth-order valence-corrected chi connectivity index (χ4v) is 1.97. The SMILES string of the molecule is CO[C@H]1[C@@H](O)c2ccccc2N1C(C)=O. The molecule has 1 N–H and O–H groups in total. The Kier molecular flexibility index (Phi) is 2.46. The van der Waals surface area contributed by atoms with Gasteiger partial charge in [0.1, 0.15) is 6.10 Å². The Bertz CT molecular complexity index is 391. The van der Waals surface area contributed by atoms with E-state index in [1.54, 1.807) is 12.1 Å². The van der Waals surface area contributed by atoms with Crippen molar-refractivity contribution in [1.82, 2.24) is 0 Å². The third kappa shape index (κ3) is 1.42.